The first-order valence-electron chi connectivity index (χ1n) is 9.18. The molecule has 2 N–H and O–H groups in total. The summed E-state index contributed by atoms with van der Waals surface area (Å²) in [5.74, 6) is 1.27. The van der Waals surface area contributed by atoms with Crippen LogP contribution in [0.4, 0.5) is 10.1 Å². The maximum absolute atomic E-state index is 13.5. The Morgan fingerprint density at radius 1 is 1.39 bits per heavy atom. The molecule has 0 spiro atoms. The normalized spacial score (nSPS) is 13.1. The summed E-state index contributed by atoms with van der Waals surface area (Å²) in [5.41, 5.74) is 2.12. The molecule has 1 aromatic carbocycles. The Bertz CT molecular complexity index is 1110. The molecule has 28 heavy (non-hydrogen) atoms. The van der Waals surface area contributed by atoms with E-state index in [1.807, 2.05) is 0 Å². The molecule has 0 radical (unpaired) electrons. The first-order chi connectivity index (χ1) is 13.5. The molecule has 5 nitrogen and oxygen atoms in total. The number of thiophene rings is 1. The highest BCUT2D eigenvalue weighted by atomic mass is 32.2. The second-order valence-corrected chi connectivity index (χ2v) is 9.05. The molecular formula is C20H20FN3O2S2. The zero-order valence-electron chi connectivity index (χ0n) is 15.4. The average molecular weight is 418 g/mol. The summed E-state index contributed by atoms with van der Waals surface area (Å²) in [7, 11) is 0. The van der Waals surface area contributed by atoms with Crippen molar-refractivity contribution < 1.29 is 9.18 Å². The fourth-order valence-corrected chi connectivity index (χ4v) is 5.43. The second kappa shape index (κ2) is 8.05. The van der Waals surface area contributed by atoms with Crippen LogP contribution < -0.4 is 10.9 Å². The van der Waals surface area contributed by atoms with E-state index in [4.69, 9.17) is 0 Å². The number of aromatic nitrogens is 2. The van der Waals surface area contributed by atoms with E-state index >= 15 is 0 Å². The van der Waals surface area contributed by atoms with Crippen molar-refractivity contribution in [1.82, 2.24) is 9.97 Å². The lowest BCUT2D eigenvalue weighted by Gasteiger charge is -2.06. The van der Waals surface area contributed by atoms with Crippen LogP contribution in [0.5, 0.6) is 0 Å². The van der Waals surface area contributed by atoms with Crippen LogP contribution in [0.2, 0.25) is 0 Å². The third kappa shape index (κ3) is 3.98. The third-order valence-electron chi connectivity index (χ3n) is 4.79. The van der Waals surface area contributed by atoms with Crippen molar-refractivity contribution in [2.45, 2.75) is 38.4 Å². The van der Waals surface area contributed by atoms with Gasteiger partial charge >= 0.3 is 0 Å². The summed E-state index contributed by atoms with van der Waals surface area (Å²) < 4.78 is 13.5. The molecule has 146 valence electrons. The first-order valence-corrected chi connectivity index (χ1v) is 11.2. The standard InChI is InChI=1S/C20H20FN3O2S2/c1-11-5-6-12(9-14(11)21)22-17(25)7-8-27-10-16-23-19(26)18-13-3-2-4-15(13)28-20(18)24-16/h5-6,9H,2-4,7-8,10H2,1H3,(H,22,25)(H,23,24,26). The van der Waals surface area contributed by atoms with E-state index in [0.717, 1.165) is 29.5 Å². The van der Waals surface area contributed by atoms with Crippen LogP contribution in [0.15, 0.2) is 23.0 Å². The highest BCUT2D eigenvalue weighted by Crippen LogP contribution is 2.34. The first kappa shape index (κ1) is 19.1. The summed E-state index contributed by atoms with van der Waals surface area (Å²) in [6.45, 7) is 1.68. The molecule has 0 saturated heterocycles. The minimum Gasteiger partial charge on any atom is -0.326 e. The lowest BCUT2D eigenvalue weighted by Crippen LogP contribution is -2.13. The largest absolute Gasteiger partial charge is 0.326 e. The van der Waals surface area contributed by atoms with E-state index in [-0.39, 0.29) is 17.3 Å². The van der Waals surface area contributed by atoms with Gasteiger partial charge in [-0.2, -0.15) is 11.8 Å². The van der Waals surface area contributed by atoms with Crippen molar-refractivity contribution in [2.24, 2.45) is 0 Å². The van der Waals surface area contributed by atoms with Crippen LogP contribution >= 0.6 is 23.1 Å². The number of halogens is 1. The maximum atomic E-state index is 13.5. The van der Waals surface area contributed by atoms with E-state index in [9.17, 15) is 14.0 Å². The lowest BCUT2D eigenvalue weighted by atomic mass is 10.2. The number of nitrogens with one attached hydrogen (secondary N) is 2. The summed E-state index contributed by atoms with van der Waals surface area (Å²) in [4.78, 5) is 34.0. The van der Waals surface area contributed by atoms with Crippen LogP contribution in [-0.2, 0) is 23.4 Å². The molecule has 1 amide bonds. The summed E-state index contributed by atoms with van der Waals surface area (Å²) in [5, 5.41) is 3.46. The summed E-state index contributed by atoms with van der Waals surface area (Å²) in [6, 6.07) is 4.65. The maximum Gasteiger partial charge on any atom is 0.259 e. The topological polar surface area (TPSA) is 74.8 Å². The number of nitrogens with zero attached hydrogens (tertiary/aromatic N) is 1. The SMILES string of the molecule is Cc1ccc(NC(=O)CCSCc2nc3sc4c(c3c(=O)[nH]2)CCC4)cc1F. The van der Waals surface area contributed by atoms with Crippen LogP contribution in [0.25, 0.3) is 10.2 Å². The van der Waals surface area contributed by atoms with E-state index in [0.29, 0.717) is 35.0 Å². The zero-order chi connectivity index (χ0) is 19.7. The number of hydrogen-bond donors (Lipinski definition) is 2. The molecule has 0 saturated carbocycles. The number of hydrogen-bond acceptors (Lipinski definition) is 5. The zero-order valence-corrected chi connectivity index (χ0v) is 17.1. The number of benzene rings is 1. The van der Waals surface area contributed by atoms with Crippen molar-refractivity contribution in [2.75, 3.05) is 11.1 Å². The highest BCUT2D eigenvalue weighted by molar-refractivity contribution is 7.98. The lowest BCUT2D eigenvalue weighted by molar-refractivity contribution is -0.115. The number of carbonyl (C=O) groups excluding carboxylic acids is 1. The fraction of sp³-hybridized carbons (Fsp3) is 0.350. The van der Waals surface area contributed by atoms with Gasteiger partial charge in [-0.05, 0) is 49.4 Å². The Labute approximate surface area is 169 Å². The molecule has 1 aliphatic carbocycles. The molecular weight excluding hydrogens is 397 g/mol. The van der Waals surface area contributed by atoms with Gasteiger partial charge in [-0.3, -0.25) is 9.59 Å². The van der Waals surface area contributed by atoms with E-state index < -0.39 is 0 Å². The van der Waals surface area contributed by atoms with Gasteiger partial charge in [0, 0.05) is 22.7 Å². The van der Waals surface area contributed by atoms with E-state index in [1.54, 1.807) is 30.4 Å². The monoisotopic (exact) mass is 417 g/mol. The molecule has 0 unspecified atom stereocenters. The Morgan fingerprint density at radius 3 is 3.07 bits per heavy atom. The molecule has 0 aliphatic heterocycles. The Kier molecular flexibility index (Phi) is 5.50. The number of carbonyl (C=O) groups is 1. The van der Waals surface area contributed by atoms with Crippen LogP contribution in [0, 0.1) is 12.7 Å². The van der Waals surface area contributed by atoms with Crippen molar-refractivity contribution in [3.8, 4) is 0 Å². The number of fused-ring (bicyclic) bond motifs is 3. The second-order valence-electron chi connectivity index (χ2n) is 6.86. The highest BCUT2D eigenvalue weighted by Gasteiger charge is 2.21. The average Bonchev–Trinajstić information content (AvgIpc) is 3.22. The minimum absolute atomic E-state index is 0.0564. The van der Waals surface area contributed by atoms with Crippen molar-refractivity contribution in [3.63, 3.8) is 0 Å². The number of rotatable bonds is 6. The quantitative estimate of drug-likeness (QED) is 0.590. The molecule has 0 fully saturated rings. The van der Waals surface area contributed by atoms with Crippen molar-refractivity contribution >= 4 is 44.9 Å². The number of aromatic amines is 1. The summed E-state index contributed by atoms with van der Waals surface area (Å²) in [6.07, 6.45) is 3.43. The number of aryl methyl sites for hydroxylation is 3. The van der Waals surface area contributed by atoms with Gasteiger partial charge in [-0.25, -0.2) is 9.37 Å². The number of amides is 1. The van der Waals surface area contributed by atoms with Gasteiger partial charge < -0.3 is 10.3 Å². The molecule has 2 aromatic heterocycles. The van der Waals surface area contributed by atoms with Crippen molar-refractivity contribution in [3.05, 3.63) is 56.2 Å². The molecule has 1 aliphatic rings. The smallest absolute Gasteiger partial charge is 0.259 e. The molecule has 8 heteroatoms. The Balaban J connectivity index is 1.31. The third-order valence-corrected chi connectivity index (χ3v) is 6.95. The molecule has 0 atom stereocenters. The van der Waals surface area contributed by atoms with Crippen LogP contribution in [0.3, 0.4) is 0 Å². The summed E-state index contributed by atoms with van der Waals surface area (Å²) >= 11 is 3.16. The van der Waals surface area contributed by atoms with Gasteiger partial charge in [0.1, 0.15) is 16.5 Å². The van der Waals surface area contributed by atoms with E-state index in [2.05, 4.69) is 15.3 Å². The number of H-pyrrole nitrogens is 1. The predicted octanol–water partition coefficient (Wildman–Crippen LogP) is 4.18. The van der Waals surface area contributed by atoms with E-state index in [1.165, 1.54) is 28.3 Å². The van der Waals surface area contributed by atoms with Gasteiger partial charge in [0.25, 0.3) is 5.56 Å². The van der Waals surface area contributed by atoms with Crippen LogP contribution in [0.1, 0.15) is 34.7 Å². The molecule has 2 heterocycles. The van der Waals surface area contributed by atoms with Crippen LogP contribution in [-0.4, -0.2) is 21.6 Å². The Hall–Kier alpha value is -2.19. The Morgan fingerprint density at radius 2 is 2.25 bits per heavy atom. The van der Waals surface area contributed by atoms with Gasteiger partial charge in [-0.1, -0.05) is 6.07 Å². The van der Waals surface area contributed by atoms with Gasteiger partial charge in [0.2, 0.25) is 5.91 Å². The minimum atomic E-state index is -0.336. The molecule has 0 bridgehead atoms. The molecule has 4 rings (SSSR count). The van der Waals surface area contributed by atoms with Gasteiger partial charge in [0.05, 0.1) is 11.1 Å². The number of anilines is 1. The molecule has 3 aromatic rings. The van der Waals surface area contributed by atoms with Gasteiger partial charge in [-0.15, -0.1) is 11.3 Å². The predicted molar refractivity (Wildman–Crippen MR) is 113 cm³/mol. The van der Waals surface area contributed by atoms with Crippen molar-refractivity contribution in [1.29, 1.82) is 0 Å². The number of thioether (sulfide) groups is 1. The fourth-order valence-electron chi connectivity index (χ4n) is 3.34. The van der Waals surface area contributed by atoms with Gasteiger partial charge in [0.15, 0.2) is 0 Å².